The van der Waals surface area contributed by atoms with Crippen molar-refractivity contribution in [2.24, 2.45) is 178 Å². The molecule has 0 spiro atoms. The van der Waals surface area contributed by atoms with Gasteiger partial charge >= 0.3 is 0 Å². The summed E-state index contributed by atoms with van der Waals surface area (Å²) in [6.45, 7) is 3.37. The molecule has 16 rings (SSSR count). The summed E-state index contributed by atoms with van der Waals surface area (Å²) in [4.78, 5) is 0. The summed E-state index contributed by atoms with van der Waals surface area (Å²) in [5.41, 5.74) is 0. The molecule has 16 fully saturated rings. The van der Waals surface area contributed by atoms with Crippen molar-refractivity contribution >= 4 is 0 Å². The van der Waals surface area contributed by atoms with E-state index in [1.165, 1.54) is 178 Å². The van der Waals surface area contributed by atoms with E-state index in [0.29, 0.717) is 0 Å². The van der Waals surface area contributed by atoms with E-state index in [9.17, 15) is 0 Å². The Hall–Kier alpha value is -12.8. The summed E-state index contributed by atoms with van der Waals surface area (Å²) in [6, 6.07) is 0. The maximum absolute atomic E-state index is 2.63. The van der Waals surface area contributed by atoms with Crippen LogP contribution in [0.1, 0.15) is 71.6 Å². The molecule has 0 radical (unpaired) electrons. The molecular formula is C99H54. The van der Waals surface area contributed by atoms with E-state index >= 15 is 0 Å². The van der Waals surface area contributed by atoms with Crippen LogP contribution in [0.4, 0.5) is 0 Å². The van der Waals surface area contributed by atoms with Crippen molar-refractivity contribution in [2.45, 2.75) is 71.6 Å². The molecule has 0 aromatic rings. The Labute approximate surface area is 588 Å². The van der Waals surface area contributed by atoms with Crippen molar-refractivity contribution < 1.29 is 0 Å². The lowest BCUT2D eigenvalue weighted by Crippen LogP contribution is -2.58. The lowest BCUT2D eigenvalue weighted by atomic mass is 9.43. The normalized spacial score (nSPS) is 37.3. The van der Waals surface area contributed by atoms with E-state index < -0.39 is 0 Å². The fraction of sp³-hybridized carbons (Fsp3) is 0.414. The number of hydrogen-bond acceptors (Lipinski definition) is 0. The molecule has 0 heteroatoms. The quantitative estimate of drug-likeness (QED) is 0.215. The van der Waals surface area contributed by atoms with Crippen LogP contribution in [0.3, 0.4) is 0 Å². The standard InChI is InChI=1S/C60H6.C39H48/c1-3-5-7-9-11-13-15-17-19-21-23-25-27-29-31-33-35-37-39-41-43-45-47-49-51-53-55-57-59-60-58-56-54-52-50-48-46-44-42-40-38-36-34-32-30-28-26-24-22-20-18-16-14-12-10-8-6-4-2;1-10-4-16-6-12-2-14-8-18-9-15-3-13-7-17-5-11(1)20-19(10)28-25(16)30-21(12)23(14)32-27(18)33-24(15)22(13)31-26(17)29(20)35-34(28)36(30)38(32)39(33)37(31)35/h1-2H3;10-39H,1-9H2. The SMILES string of the molecule is C1C2CC3CC4CC5CC6CC7CC8CC9CC1C1C2C2C3C3C4C5C4C6C5C7C8C6C9C1C1C2C3C4C5C61.CC#CC#CC#CC#CC#CC#CC#CC#CC#CC#CC#CC#CC#CC#CC#CC#CC#CC#CC#CC#CC#CC#CC#CC#CC#CC#CC#CC#CC#CC. The van der Waals surface area contributed by atoms with Crippen LogP contribution in [0.25, 0.3) is 0 Å². The first-order chi connectivity index (χ1) is 49.3. The van der Waals surface area contributed by atoms with Gasteiger partial charge in [-0.15, -0.1) is 0 Å². The zero-order valence-electron chi connectivity index (χ0n) is 54.7. The predicted octanol–water partition coefficient (Wildman–Crippen LogP) is 8.33. The highest BCUT2D eigenvalue weighted by atomic mass is 14.9. The van der Waals surface area contributed by atoms with E-state index in [1.807, 2.05) is 0 Å². The van der Waals surface area contributed by atoms with Crippen molar-refractivity contribution in [3.63, 3.8) is 0 Å². The van der Waals surface area contributed by atoms with Crippen LogP contribution in [0, 0.1) is 521 Å². The van der Waals surface area contributed by atoms with Crippen LogP contribution < -0.4 is 0 Å². The zero-order valence-corrected chi connectivity index (χ0v) is 54.7. The van der Waals surface area contributed by atoms with Crippen LogP contribution >= 0.6 is 0 Å². The average Bonchev–Trinajstić information content (AvgIpc) is 1.44. The van der Waals surface area contributed by atoms with Gasteiger partial charge in [-0.2, -0.15) is 0 Å². The van der Waals surface area contributed by atoms with E-state index in [2.05, 4.69) is 343 Å². The van der Waals surface area contributed by atoms with E-state index in [0.717, 1.165) is 0 Å². The smallest absolute Gasteiger partial charge is 0 e. The predicted molar refractivity (Wildman–Crippen MR) is 383 cm³/mol. The molecule has 0 saturated heterocycles. The van der Waals surface area contributed by atoms with Gasteiger partial charge in [-0.3, -0.25) is 0 Å². The van der Waals surface area contributed by atoms with Crippen molar-refractivity contribution in [3.05, 3.63) is 0 Å². The Morgan fingerprint density at radius 3 is 0.263 bits per heavy atom. The average molecular weight is 1240 g/mol. The van der Waals surface area contributed by atoms with Gasteiger partial charge in [-0.25, -0.2) is 0 Å². The van der Waals surface area contributed by atoms with Gasteiger partial charge in [-0.1, -0.05) is 11.8 Å². The number of rotatable bonds is 0. The minimum absolute atomic E-state index is 1.21. The van der Waals surface area contributed by atoms with E-state index in [-0.39, 0.29) is 0 Å². The summed E-state index contributed by atoms with van der Waals surface area (Å²) in [5.74, 6) is 183. The van der Waals surface area contributed by atoms with Crippen molar-refractivity contribution in [1.82, 2.24) is 0 Å². The van der Waals surface area contributed by atoms with E-state index in [1.54, 1.807) is 71.6 Å². The molecule has 0 heterocycles. The zero-order chi connectivity index (χ0) is 66.7. The van der Waals surface area contributed by atoms with Crippen LogP contribution in [-0.2, 0) is 0 Å². The molecule has 99 heavy (non-hydrogen) atoms. The Morgan fingerprint density at radius 1 is 0.101 bits per heavy atom. The van der Waals surface area contributed by atoms with Crippen LogP contribution in [0.15, 0.2) is 0 Å². The second-order valence-corrected chi connectivity index (χ2v) is 28.6. The third-order valence-corrected chi connectivity index (χ3v) is 26.0. The Kier molecular flexibility index (Phi) is 18.3. The summed E-state index contributed by atoms with van der Waals surface area (Å²) in [7, 11) is 0. The Bertz CT molecular complexity index is 5180. The van der Waals surface area contributed by atoms with Gasteiger partial charge in [0.15, 0.2) is 0 Å². The van der Waals surface area contributed by atoms with Gasteiger partial charge in [0.25, 0.3) is 0 Å². The summed E-state index contributed by atoms with van der Waals surface area (Å²) in [6.07, 6.45) is 15.8. The first kappa shape index (κ1) is 62.4. The second-order valence-electron chi connectivity index (χ2n) is 28.6. The monoisotopic (exact) mass is 1240 g/mol. The minimum Gasteiger partial charge on any atom is -0.0925 e. The molecule has 0 nitrogen and oxygen atoms in total. The minimum atomic E-state index is 1.21. The van der Waals surface area contributed by atoms with Gasteiger partial charge < -0.3 is 0 Å². The fourth-order valence-corrected chi connectivity index (χ4v) is 26.2. The van der Waals surface area contributed by atoms with Gasteiger partial charge in [-0.05, 0) is 344 Å². The van der Waals surface area contributed by atoms with Gasteiger partial charge in [0.2, 0.25) is 0 Å². The topological polar surface area (TPSA) is 0 Å². The molecule has 0 aromatic heterocycles. The maximum Gasteiger partial charge on any atom is 0 e. The van der Waals surface area contributed by atoms with Crippen molar-refractivity contribution in [3.8, 4) is 343 Å². The maximum atomic E-state index is 2.63. The van der Waals surface area contributed by atoms with Gasteiger partial charge in [0.05, 0.1) is 0 Å². The van der Waals surface area contributed by atoms with Gasteiger partial charge in [0, 0.05) is 237 Å². The molecule has 450 valence electrons. The highest BCUT2D eigenvalue weighted by Crippen LogP contribution is 2.92. The van der Waals surface area contributed by atoms with E-state index in [4.69, 9.17) is 0 Å². The van der Waals surface area contributed by atoms with Crippen LogP contribution in [0.2, 0.25) is 0 Å². The molecule has 16 aliphatic carbocycles. The summed E-state index contributed by atoms with van der Waals surface area (Å²) >= 11 is 0. The molecule has 0 aromatic carbocycles. The first-order valence-corrected chi connectivity index (χ1v) is 34.6. The second kappa shape index (κ2) is 29.1. The van der Waals surface area contributed by atoms with Gasteiger partial charge in [0.1, 0.15) is 0 Å². The molecule has 0 bridgehead atoms. The molecule has 18 atom stereocenters. The van der Waals surface area contributed by atoms with Crippen molar-refractivity contribution in [1.29, 1.82) is 0 Å². The van der Waals surface area contributed by atoms with Crippen LogP contribution in [0.5, 0.6) is 0 Å². The lowest BCUT2D eigenvalue weighted by molar-refractivity contribution is -0.152. The molecule has 16 aliphatic rings. The Balaban J connectivity index is 0.000000170. The summed E-state index contributed by atoms with van der Waals surface area (Å²) < 4.78 is 0. The fourth-order valence-electron chi connectivity index (χ4n) is 26.2. The largest absolute Gasteiger partial charge is 0.0925 e. The molecule has 16 saturated carbocycles. The third kappa shape index (κ3) is 11.7. The molecule has 0 N–H and O–H groups in total. The molecular weight excluding hydrogens is 1190 g/mol. The summed E-state index contributed by atoms with van der Waals surface area (Å²) in [5, 5.41) is 0. The highest BCUT2D eigenvalue weighted by Gasteiger charge is 2.88. The first-order valence-electron chi connectivity index (χ1n) is 34.6. The third-order valence-electron chi connectivity index (χ3n) is 26.0. The lowest BCUT2D eigenvalue weighted by Gasteiger charge is -2.62. The van der Waals surface area contributed by atoms with Crippen LogP contribution in [-0.4, -0.2) is 0 Å². The molecule has 18 unspecified atom stereocenters. The number of hydrogen-bond donors (Lipinski definition) is 0. The molecule has 0 aliphatic heterocycles. The molecule has 0 amide bonds. The van der Waals surface area contributed by atoms with Crippen molar-refractivity contribution in [2.75, 3.05) is 0 Å². The Morgan fingerprint density at radius 2 is 0.172 bits per heavy atom. The highest BCUT2D eigenvalue weighted by molar-refractivity contribution is 5.53.